The Balaban J connectivity index is 1.67. The van der Waals surface area contributed by atoms with Gasteiger partial charge in [0, 0.05) is 37.0 Å². The Morgan fingerprint density at radius 1 is 1.18 bits per heavy atom. The summed E-state index contributed by atoms with van der Waals surface area (Å²) >= 11 is 1.26. The molecule has 0 saturated heterocycles. The summed E-state index contributed by atoms with van der Waals surface area (Å²) in [5.74, 6) is -1.30. The normalized spacial score (nSPS) is 10.8. The van der Waals surface area contributed by atoms with Crippen molar-refractivity contribution in [2.24, 2.45) is 0 Å². The van der Waals surface area contributed by atoms with Crippen molar-refractivity contribution in [1.82, 2.24) is 14.8 Å². The maximum atomic E-state index is 12.6. The number of anilines is 1. The SMILES string of the molecule is COCCn1c(C)cc(C(=O)C(=O)Nc2nnc(Cc3ccccc3)s2)c1C. The monoisotopic (exact) mass is 398 g/mol. The number of ether oxygens (including phenoxy) is 1. The Kier molecular flexibility index (Phi) is 6.33. The van der Waals surface area contributed by atoms with Crippen LogP contribution < -0.4 is 5.32 Å². The highest BCUT2D eigenvalue weighted by molar-refractivity contribution is 7.15. The topological polar surface area (TPSA) is 86.1 Å². The third-order valence-electron chi connectivity index (χ3n) is 4.43. The number of hydrogen-bond donors (Lipinski definition) is 1. The number of nitrogens with zero attached hydrogens (tertiary/aromatic N) is 3. The zero-order valence-electron chi connectivity index (χ0n) is 16.1. The summed E-state index contributed by atoms with van der Waals surface area (Å²) in [6.45, 7) is 4.89. The van der Waals surface area contributed by atoms with Crippen LogP contribution in [0.5, 0.6) is 0 Å². The first-order chi connectivity index (χ1) is 13.5. The van der Waals surface area contributed by atoms with E-state index in [1.54, 1.807) is 13.2 Å². The number of nitrogens with one attached hydrogen (secondary N) is 1. The lowest BCUT2D eigenvalue weighted by atomic mass is 10.1. The van der Waals surface area contributed by atoms with Gasteiger partial charge in [-0.1, -0.05) is 41.7 Å². The summed E-state index contributed by atoms with van der Waals surface area (Å²) in [6.07, 6.45) is 0.628. The van der Waals surface area contributed by atoms with Gasteiger partial charge in [0.2, 0.25) is 5.13 Å². The molecule has 0 aliphatic heterocycles. The van der Waals surface area contributed by atoms with Gasteiger partial charge in [-0.2, -0.15) is 0 Å². The standard InChI is InChI=1S/C20H22N4O3S/c1-13-11-16(14(2)24(13)9-10-27-3)18(25)19(26)21-20-23-22-17(28-20)12-15-7-5-4-6-8-15/h4-8,11H,9-10,12H2,1-3H3,(H,21,23,26). The van der Waals surface area contributed by atoms with Gasteiger partial charge in [-0.3, -0.25) is 14.9 Å². The van der Waals surface area contributed by atoms with Crippen molar-refractivity contribution in [3.8, 4) is 0 Å². The van der Waals surface area contributed by atoms with Gasteiger partial charge in [0.15, 0.2) is 0 Å². The number of ketones is 1. The number of aromatic nitrogens is 3. The molecular formula is C20H22N4O3S. The Bertz CT molecular complexity index is 979. The van der Waals surface area contributed by atoms with Crippen molar-refractivity contribution in [3.63, 3.8) is 0 Å². The van der Waals surface area contributed by atoms with Crippen LogP contribution in [0.1, 0.15) is 32.3 Å². The zero-order valence-corrected chi connectivity index (χ0v) is 16.9. The van der Waals surface area contributed by atoms with E-state index in [1.165, 1.54) is 11.3 Å². The van der Waals surface area contributed by atoms with Crippen molar-refractivity contribution >= 4 is 28.2 Å². The van der Waals surface area contributed by atoms with Crippen molar-refractivity contribution in [1.29, 1.82) is 0 Å². The molecule has 0 atom stereocenters. The van der Waals surface area contributed by atoms with Gasteiger partial charge in [-0.15, -0.1) is 10.2 Å². The molecule has 2 heterocycles. The van der Waals surface area contributed by atoms with Crippen molar-refractivity contribution in [2.45, 2.75) is 26.8 Å². The fraction of sp³-hybridized carbons (Fsp3) is 0.300. The van der Waals surface area contributed by atoms with Crippen LogP contribution in [0, 0.1) is 13.8 Å². The van der Waals surface area contributed by atoms with Crippen LogP contribution in [-0.4, -0.2) is 40.2 Å². The van der Waals surface area contributed by atoms with Crippen LogP contribution in [-0.2, 0) is 22.5 Å². The number of carbonyl (C=O) groups is 2. The van der Waals surface area contributed by atoms with Crippen LogP contribution in [0.2, 0.25) is 0 Å². The predicted molar refractivity (Wildman–Crippen MR) is 108 cm³/mol. The minimum atomic E-state index is -0.714. The summed E-state index contributed by atoms with van der Waals surface area (Å²) in [5.41, 5.74) is 3.15. The Morgan fingerprint density at radius 2 is 1.93 bits per heavy atom. The second kappa shape index (κ2) is 8.90. The minimum Gasteiger partial charge on any atom is -0.383 e. The molecule has 1 amide bonds. The maximum absolute atomic E-state index is 12.6. The molecule has 0 aliphatic carbocycles. The van der Waals surface area contributed by atoms with E-state index in [2.05, 4.69) is 15.5 Å². The highest BCUT2D eigenvalue weighted by Gasteiger charge is 2.23. The number of hydrogen-bond acceptors (Lipinski definition) is 6. The Labute approximate surface area is 167 Å². The molecular weight excluding hydrogens is 376 g/mol. The number of rotatable bonds is 8. The number of aryl methyl sites for hydroxylation is 1. The molecule has 0 unspecified atom stereocenters. The van der Waals surface area contributed by atoms with Gasteiger partial charge in [-0.25, -0.2) is 0 Å². The van der Waals surface area contributed by atoms with Gasteiger partial charge in [-0.05, 0) is 25.5 Å². The molecule has 1 aromatic carbocycles. The summed E-state index contributed by atoms with van der Waals surface area (Å²) in [5, 5.41) is 11.7. The lowest BCUT2D eigenvalue weighted by molar-refractivity contribution is -0.112. The number of benzene rings is 1. The highest BCUT2D eigenvalue weighted by atomic mass is 32.1. The molecule has 146 valence electrons. The molecule has 3 aromatic rings. The van der Waals surface area contributed by atoms with Gasteiger partial charge in [0.25, 0.3) is 11.7 Å². The third kappa shape index (κ3) is 4.52. The van der Waals surface area contributed by atoms with E-state index in [1.807, 2.05) is 48.7 Å². The molecule has 3 rings (SSSR count). The summed E-state index contributed by atoms with van der Waals surface area (Å²) in [6, 6.07) is 11.6. The Hall–Kier alpha value is -2.84. The summed E-state index contributed by atoms with van der Waals surface area (Å²) < 4.78 is 7.06. The maximum Gasteiger partial charge on any atom is 0.298 e. The van der Waals surface area contributed by atoms with E-state index in [9.17, 15) is 9.59 Å². The smallest absolute Gasteiger partial charge is 0.298 e. The number of carbonyl (C=O) groups excluding carboxylic acids is 2. The third-order valence-corrected chi connectivity index (χ3v) is 5.27. The van der Waals surface area contributed by atoms with Crippen molar-refractivity contribution < 1.29 is 14.3 Å². The van der Waals surface area contributed by atoms with E-state index in [-0.39, 0.29) is 0 Å². The molecule has 0 spiro atoms. The quantitative estimate of drug-likeness (QED) is 0.466. The van der Waals surface area contributed by atoms with Crippen LogP contribution in [0.25, 0.3) is 0 Å². The zero-order chi connectivity index (χ0) is 20.1. The second-order valence-electron chi connectivity index (χ2n) is 6.38. The fourth-order valence-electron chi connectivity index (χ4n) is 2.98. The summed E-state index contributed by atoms with van der Waals surface area (Å²) in [4.78, 5) is 25.0. The van der Waals surface area contributed by atoms with E-state index in [0.29, 0.717) is 30.3 Å². The first-order valence-electron chi connectivity index (χ1n) is 8.87. The van der Waals surface area contributed by atoms with Gasteiger partial charge in [0.1, 0.15) is 5.01 Å². The molecule has 0 saturated carbocycles. The van der Waals surface area contributed by atoms with Gasteiger partial charge < -0.3 is 9.30 Å². The molecule has 8 heteroatoms. The summed E-state index contributed by atoms with van der Waals surface area (Å²) in [7, 11) is 1.63. The van der Waals surface area contributed by atoms with Crippen LogP contribution in [0.4, 0.5) is 5.13 Å². The minimum absolute atomic E-state index is 0.317. The van der Waals surface area contributed by atoms with E-state index < -0.39 is 11.7 Å². The predicted octanol–water partition coefficient (Wildman–Crippen LogP) is 3.02. The van der Waals surface area contributed by atoms with Crippen LogP contribution in [0.3, 0.4) is 0 Å². The molecule has 28 heavy (non-hydrogen) atoms. The molecule has 0 bridgehead atoms. The van der Waals surface area contributed by atoms with E-state index in [0.717, 1.165) is 22.0 Å². The number of methoxy groups -OCH3 is 1. The highest BCUT2D eigenvalue weighted by Crippen LogP contribution is 2.20. The van der Waals surface area contributed by atoms with Gasteiger partial charge in [0.05, 0.1) is 6.61 Å². The first-order valence-corrected chi connectivity index (χ1v) is 9.69. The molecule has 0 fully saturated rings. The average Bonchev–Trinajstić information content (AvgIpc) is 3.24. The van der Waals surface area contributed by atoms with Crippen molar-refractivity contribution in [2.75, 3.05) is 19.0 Å². The lowest BCUT2D eigenvalue weighted by Gasteiger charge is -2.08. The molecule has 2 aromatic heterocycles. The second-order valence-corrected chi connectivity index (χ2v) is 7.44. The van der Waals surface area contributed by atoms with Crippen LogP contribution >= 0.6 is 11.3 Å². The first kappa shape index (κ1) is 19.9. The molecule has 7 nitrogen and oxygen atoms in total. The molecule has 0 radical (unpaired) electrons. The number of Topliss-reactive ketones (excluding diaryl/α,β-unsaturated/α-hetero) is 1. The van der Waals surface area contributed by atoms with E-state index >= 15 is 0 Å². The van der Waals surface area contributed by atoms with Crippen LogP contribution in [0.15, 0.2) is 36.4 Å². The number of amides is 1. The lowest BCUT2D eigenvalue weighted by Crippen LogP contribution is -2.23. The fourth-order valence-corrected chi connectivity index (χ4v) is 3.75. The van der Waals surface area contributed by atoms with Crippen molar-refractivity contribution in [3.05, 3.63) is 63.9 Å². The van der Waals surface area contributed by atoms with E-state index in [4.69, 9.17) is 4.74 Å². The molecule has 0 aliphatic rings. The molecule has 1 N–H and O–H groups in total. The average molecular weight is 398 g/mol. The Morgan fingerprint density at radius 3 is 2.64 bits per heavy atom. The van der Waals surface area contributed by atoms with Gasteiger partial charge >= 0.3 is 0 Å². The largest absolute Gasteiger partial charge is 0.383 e.